The minimum atomic E-state index is -0.253. The molecule has 0 bridgehead atoms. The number of nitrogens with one attached hydrogen (secondary N) is 1. The molecule has 2 rings (SSSR count). The lowest BCUT2D eigenvalue weighted by Crippen LogP contribution is -2.41. The van der Waals surface area contributed by atoms with Crippen LogP contribution in [0.15, 0.2) is 36.5 Å². The van der Waals surface area contributed by atoms with Crippen molar-refractivity contribution in [1.29, 1.82) is 0 Å². The van der Waals surface area contributed by atoms with Crippen molar-refractivity contribution >= 4 is 5.91 Å². The van der Waals surface area contributed by atoms with Gasteiger partial charge in [-0.25, -0.2) is 4.68 Å². The van der Waals surface area contributed by atoms with Crippen molar-refractivity contribution in [2.45, 2.75) is 39.7 Å². The summed E-state index contributed by atoms with van der Waals surface area (Å²) < 4.78 is 7.40. The zero-order valence-corrected chi connectivity index (χ0v) is 15.2. The fourth-order valence-corrected chi connectivity index (χ4v) is 2.58. The van der Waals surface area contributed by atoms with E-state index < -0.39 is 0 Å². The normalized spacial score (nSPS) is 12.2. The highest BCUT2D eigenvalue weighted by Gasteiger charge is 2.21. The summed E-state index contributed by atoms with van der Waals surface area (Å²) in [4.78, 5) is 12.7. The van der Waals surface area contributed by atoms with E-state index in [9.17, 15) is 4.79 Å². The predicted molar refractivity (Wildman–Crippen MR) is 99.1 cm³/mol. The SMILES string of the molecule is CCCOc1cn(-c2ccccc2)nc1C(=O)NC(CN)CC(C)C. The third kappa shape index (κ3) is 5.32. The zero-order valence-electron chi connectivity index (χ0n) is 15.2. The van der Waals surface area contributed by atoms with Crippen LogP contribution in [0.25, 0.3) is 5.69 Å². The molecule has 1 unspecified atom stereocenters. The Labute approximate surface area is 149 Å². The van der Waals surface area contributed by atoms with Gasteiger partial charge in [-0.05, 0) is 30.9 Å². The largest absolute Gasteiger partial charge is 0.489 e. The van der Waals surface area contributed by atoms with E-state index in [4.69, 9.17) is 10.5 Å². The molecule has 6 heteroatoms. The van der Waals surface area contributed by atoms with E-state index in [2.05, 4.69) is 24.3 Å². The molecule has 0 aliphatic heterocycles. The third-order valence-corrected chi connectivity index (χ3v) is 3.75. The van der Waals surface area contributed by atoms with Crippen LogP contribution < -0.4 is 15.8 Å². The Balaban J connectivity index is 2.24. The Morgan fingerprint density at radius 1 is 1.32 bits per heavy atom. The highest BCUT2D eigenvalue weighted by atomic mass is 16.5. The Hall–Kier alpha value is -2.34. The predicted octanol–water partition coefficient (Wildman–Crippen LogP) is 2.76. The molecule has 1 aromatic carbocycles. The number of hydrogen-bond donors (Lipinski definition) is 2. The van der Waals surface area contributed by atoms with Gasteiger partial charge in [0.2, 0.25) is 0 Å². The maximum Gasteiger partial charge on any atom is 0.275 e. The maximum absolute atomic E-state index is 12.7. The Bertz CT molecular complexity index is 667. The maximum atomic E-state index is 12.7. The molecular weight excluding hydrogens is 316 g/mol. The summed E-state index contributed by atoms with van der Waals surface area (Å²) in [5.41, 5.74) is 6.96. The average molecular weight is 344 g/mol. The molecule has 0 aliphatic rings. The fourth-order valence-electron chi connectivity index (χ4n) is 2.58. The number of nitrogens with zero attached hydrogens (tertiary/aromatic N) is 2. The highest BCUT2D eigenvalue weighted by Crippen LogP contribution is 2.20. The van der Waals surface area contributed by atoms with Crippen molar-refractivity contribution in [3.8, 4) is 11.4 Å². The molecule has 1 atom stereocenters. The number of amides is 1. The molecule has 3 N–H and O–H groups in total. The van der Waals surface area contributed by atoms with Gasteiger partial charge in [-0.3, -0.25) is 4.79 Å². The zero-order chi connectivity index (χ0) is 18.2. The van der Waals surface area contributed by atoms with Gasteiger partial charge in [0.15, 0.2) is 11.4 Å². The van der Waals surface area contributed by atoms with Gasteiger partial charge in [0.25, 0.3) is 5.91 Å². The lowest BCUT2D eigenvalue weighted by molar-refractivity contribution is 0.0924. The summed E-state index contributed by atoms with van der Waals surface area (Å²) in [6.07, 6.45) is 3.43. The van der Waals surface area contributed by atoms with Gasteiger partial charge in [-0.15, -0.1) is 0 Å². The standard InChI is InChI=1S/C19H28N4O2/c1-4-10-25-17-13-23(16-8-6-5-7-9-16)22-18(17)19(24)21-15(12-20)11-14(2)3/h5-9,13-15H,4,10-12,20H2,1-3H3,(H,21,24). The van der Waals surface area contributed by atoms with Crippen LogP contribution in [-0.2, 0) is 0 Å². The first-order valence-electron chi connectivity index (χ1n) is 8.84. The van der Waals surface area contributed by atoms with E-state index in [0.29, 0.717) is 30.5 Å². The van der Waals surface area contributed by atoms with Crippen molar-refractivity contribution < 1.29 is 9.53 Å². The molecule has 0 aliphatic carbocycles. The smallest absolute Gasteiger partial charge is 0.275 e. The van der Waals surface area contributed by atoms with Gasteiger partial charge in [0.1, 0.15) is 0 Å². The van der Waals surface area contributed by atoms with Gasteiger partial charge >= 0.3 is 0 Å². The second-order valence-electron chi connectivity index (χ2n) is 6.51. The lowest BCUT2D eigenvalue weighted by atomic mass is 10.0. The number of carbonyl (C=O) groups excluding carboxylic acids is 1. The molecule has 0 saturated carbocycles. The molecule has 1 heterocycles. The number of ether oxygens (including phenoxy) is 1. The van der Waals surface area contributed by atoms with Crippen molar-refractivity contribution in [2.75, 3.05) is 13.2 Å². The third-order valence-electron chi connectivity index (χ3n) is 3.75. The van der Waals surface area contributed by atoms with Gasteiger partial charge in [-0.2, -0.15) is 5.10 Å². The van der Waals surface area contributed by atoms with E-state index >= 15 is 0 Å². The molecule has 1 aromatic heterocycles. The Kier molecular flexibility index (Phi) is 7.01. The average Bonchev–Trinajstić information content (AvgIpc) is 3.04. The number of nitrogens with two attached hydrogens (primary N) is 1. The molecule has 1 amide bonds. The quantitative estimate of drug-likeness (QED) is 0.733. The number of carbonyl (C=O) groups is 1. The minimum Gasteiger partial charge on any atom is -0.489 e. The number of rotatable bonds is 9. The summed E-state index contributed by atoms with van der Waals surface area (Å²) in [6.45, 7) is 7.17. The van der Waals surface area contributed by atoms with Crippen LogP contribution in [0.5, 0.6) is 5.75 Å². The second-order valence-corrected chi connectivity index (χ2v) is 6.51. The van der Waals surface area contributed by atoms with E-state index in [0.717, 1.165) is 18.5 Å². The van der Waals surface area contributed by atoms with Gasteiger partial charge in [0, 0.05) is 12.6 Å². The number of aromatic nitrogens is 2. The van der Waals surface area contributed by atoms with E-state index in [1.807, 2.05) is 37.3 Å². The van der Waals surface area contributed by atoms with Crippen LogP contribution in [0.4, 0.5) is 0 Å². The van der Waals surface area contributed by atoms with E-state index in [-0.39, 0.29) is 11.9 Å². The van der Waals surface area contributed by atoms with Crippen molar-refractivity contribution in [2.24, 2.45) is 11.7 Å². The summed E-state index contributed by atoms with van der Waals surface area (Å²) in [5.74, 6) is 0.687. The van der Waals surface area contributed by atoms with Crippen LogP contribution in [0, 0.1) is 5.92 Å². The number of para-hydroxylation sites is 1. The highest BCUT2D eigenvalue weighted by molar-refractivity contribution is 5.95. The molecule has 2 aromatic rings. The van der Waals surface area contributed by atoms with Crippen LogP contribution >= 0.6 is 0 Å². The first kappa shape index (κ1) is 19.0. The minimum absolute atomic E-state index is 0.0756. The molecular formula is C19H28N4O2. The molecule has 0 saturated heterocycles. The van der Waals surface area contributed by atoms with Crippen LogP contribution in [-0.4, -0.2) is 34.9 Å². The lowest BCUT2D eigenvalue weighted by Gasteiger charge is -2.18. The molecule has 0 fully saturated rings. The molecule has 6 nitrogen and oxygen atoms in total. The van der Waals surface area contributed by atoms with Crippen molar-refractivity contribution in [1.82, 2.24) is 15.1 Å². The second kappa shape index (κ2) is 9.22. The first-order chi connectivity index (χ1) is 12.0. The molecule has 25 heavy (non-hydrogen) atoms. The van der Waals surface area contributed by atoms with Gasteiger partial charge in [-0.1, -0.05) is 39.0 Å². The van der Waals surface area contributed by atoms with Crippen molar-refractivity contribution in [3.05, 3.63) is 42.2 Å². The summed E-state index contributed by atoms with van der Waals surface area (Å²) >= 11 is 0. The molecule has 0 radical (unpaired) electrons. The topological polar surface area (TPSA) is 82.2 Å². The van der Waals surface area contributed by atoms with Crippen molar-refractivity contribution in [3.63, 3.8) is 0 Å². The monoisotopic (exact) mass is 344 g/mol. The summed E-state index contributed by atoms with van der Waals surface area (Å²) in [7, 11) is 0. The Morgan fingerprint density at radius 2 is 2.04 bits per heavy atom. The van der Waals surface area contributed by atoms with Gasteiger partial charge in [0.05, 0.1) is 18.5 Å². The van der Waals surface area contributed by atoms with E-state index in [1.54, 1.807) is 10.9 Å². The van der Waals surface area contributed by atoms with Gasteiger partial charge < -0.3 is 15.8 Å². The van der Waals surface area contributed by atoms with E-state index in [1.165, 1.54) is 0 Å². The molecule has 0 spiro atoms. The number of hydrogen-bond acceptors (Lipinski definition) is 4. The van der Waals surface area contributed by atoms with Crippen LogP contribution in [0.1, 0.15) is 44.1 Å². The fraction of sp³-hybridized carbons (Fsp3) is 0.474. The Morgan fingerprint density at radius 3 is 2.64 bits per heavy atom. The van der Waals surface area contributed by atoms with Crippen LogP contribution in [0.2, 0.25) is 0 Å². The van der Waals surface area contributed by atoms with Crippen LogP contribution in [0.3, 0.4) is 0 Å². The molecule has 136 valence electrons. The summed E-state index contributed by atoms with van der Waals surface area (Å²) in [5, 5.41) is 7.41. The first-order valence-corrected chi connectivity index (χ1v) is 8.84. The summed E-state index contributed by atoms with van der Waals surface area (Å²) in [6, 6.07) is 9.58. The number of benzene rings is 1.